The van der Waals surface area contributed by atoms with Crippen molar-refractivity contribution in [2.45, 2.75) is 38.1 Å². The summed E-state index contributed by atoms with van der Waals surface area (Å²) in [6, 6.07) is 10.6. The van der Waals surface area contributed by atoms with Crippen LogP contribution in [0.3, 0.4) is 0 Å². The van der Waals surface area contributed by atoms with Gasteiger partial charge in [-0.05, 0) is 24.3 Å². The predicted octanol–water partition coefficient (Wildman–Crippen LogP) is 3.47. The summed E-state index contributed by atoms with van der Waals surface area (Å²) in [5, 5.41) is 0. The first-order valence-corrected chi connectivity index (χ1v) is 5.58. The van der Waals surface area contributed by atoms with E-state index in [-0.39, 0.29) is 17.9 Å². The minimum atomic E-state index is -0.0699. The molecule has 0 spiro atoms. The summed E-state index contributed by atoms with van der Waals surface area (Å²) < 4.78 is 0. The molecule has 0 heterocycles. The van der Waals surface area contributed by atoms with Crippen molar-refractivity contribution in [2.24, 2.45) is 11.7 Å². The maximum Gasteiger partial charge on any atom is 0.0435 e. The van der Waals surface area contributed by atoms with Crippen molar-refractivity contribution in [3.63, 3.8) is 0 Å². The highest BCUT2D eigenvalue weighted by Crippen LogP contribution is 2.38. The number of rotatable bonds is 1. The maximum absolute atomic E-state index is 6.52. The molecule has 84 valence electrons. The van der Waals surface area contributed by atoms with Crippen LogP contribution in [-0.2, 0) is 5.54 Å². The molecule has 1 aromatic rings. The van der Waals surface area contributed by atoms with Gasteiger partial charge in [-0.3, -0.25) is 0 Å². The molecule has 0 radical (unpaired) electrons. The number of hydrogen-bond donors (Lipinski definition) is 1. The normalized spacial score (nSPS) is 30.7. The van der Waals surface area contributed by atoms with Gasteiger partial charge >= 0.3 is 0 Å². The Labute approximate surface area is 98.5 Å². The van der Waals surface area contributed by atoms with Crippen LogP contribution in [0, 0.1) is 5.92 Å². The lowest BCUT2D eigenvalue weighted by molar-refractivity contribution is 0.207. The van der Waals surface area contributed by atoms with E-state index in [4.69, 9.17) is 5.73 Å². The molecule has 0 amide bonds. The summed E-state index contributed by atoms with van der Waals surface area (Å²) in [6.45, 7) is 2.28. The van der Waals surface area contributed by atoms with E-state index < -0.39 is 0 Å². The largest absolute Gasteiger partial charge is 0.321 e. The average molecular weight is 226 g/mol. The van der Waals surface area contributed by atoms with Crippen molar-refractivity contribution in [3.05, 3.63) is 35.9 Å². The summed E-state index contributed by atoms with van der Waals surface area (Å²) >= 11 is 0. The SMILES string of the molecule is C[C@@H]1CCCC[C@]1(N)c1ccccc1.Cl. The minimum Gasteiger partial charge on any atom is -0.321 e. The van der Waals surface area contributed by atoms with Crippen molar-refractivity contribution < 1.29 is 0 Å². The highest BCUT2D eigenvalue weighted by molar-refractivity contribution is 5.85. The maximum atomic E-state index is 6.52. The van der Waals surface area contributed by atoms with E-state index in [0.29, 0.717) is 5.92 Å². The van der Waals surface area contributed by atoms with Crippen molar-refractivity contribution in [3.8, 4) is 0 Å². The molecule has 1 aromatic carbocycles. The Bertz CT molecular complexity index is 299. The third kappa shape index (κ3) is 2.35. The van der Waals surface area contributed by atoms with Crippen LogP contribution in [0.25, 0.3) is 0 Å². The molecule has 1 saturated carbocycles. The fourth-order valence-corrected chi connectivity index (χ4v) is 2.55. The quantitative estimate of drug-likeness (QED) is 0.778. The zero-order valence-electron chi connectivity index (χ0n) is 9.28. The van der Waals surface area contributed by atoms with Gasteiger partial charge in [-0.2, -0.15) is 0 Å². The van der Waals surface area contributed by atoms with Gasteiger partial charge in [0.1, 0.15) is 0 Å². The minimum absolute atomic E-state index is 0. The molecule has 15 heavy (non-hydrogen) atoms. The van der Waals surface area contributed by atoms with Crippen LogP contribution >= 0.6 is 12.4 Å². The molecule has 2 atom stereocenters. The zero-order chi connectivity index (χ0) is 10.0. The molecule has 1 aliphatic rings. The molecule has 0 bridgehead atoms. The second-order valence-corrected chi connectivity index (χ2v) is 4.55. The van der Waals surface area contributed by atoms with E-state index in [1.807, 2.05) is 0 Å². The van der Waals surface area contributed by atoms with Crippen molar-refractivity contribution >= 4 is 12.4 Å². The van der Waals surface area contributed by atoms with Crippen LogP contribution in [0.4, 0.5) is 0 Å². The lowest BCUT2D eigenvalue weighted by Gasteiger charge is -2.40. The topological polar surface area (TPSA) is 26.0 Å². The molecule has 1 aliphatic carbocycles. The average Bonchev–Trinajstić information content (AvgIpc) is 2.24. The molecule has 2 N–H and O–H groups in total. The van der Waals surface area contributed by atoms with Crippen molar-refractivity contribution in [2.75, 3.05) is 0 Å². The highest BCUT2D eigenvalue weighted by atomic mass is 35.5. The first kappa shape index (κ1) is 12.5. The number of nitrogens with two attached hydrogens (primary N) is 1. The number of benzene rings is 1. The van der Waals surface area contributed by atoms with Gasteiger partial charge in [0.2, 0.25) is 0 Å². The van der Waals surface area contributed by atoms with Crippen LogP contribution in [0.2, 0.25) is 0 Å². The van der Waals surface area contributed by atoms with Gasteiger partial charge in [0, 0.05) is 5.54 Å². The van der Waals surface area contributed by atoms with E-state index in [1.165, 1.54) is 24.8 Å². The zero-order valence-corrected chi connectivity index (χ0v) is 10.1. The van der Waals surface area contributed by atoms with Gasteiger partial charge in [-0.1, -0.05) is 50.1 Å². The first-order chi connectivity index (χ1) is 6.73. The highest BCUT2D eigenvalue weighted by Gasteiger charge is 2.35. The van der Waals surface area contributed by atoms with Crippen molar-refractivity contribution in [1.82, 2.24) is 0 Å². The van der Waals surface area contributed by atoms with Crippen LogP contribution in [0.1, 0.15) is 38.2 Å². The van der Waals surface area contributed by atoms with E-state index in [1.54, 1.807) is 0 Å². The van der Waals surface area contributed by atoms with Crippen LogP contribution < -0.4 is 5.73 Å². The molecule has 1 fully saturated rings. The van der Waals surface area contributed by atoms with Gasteiger partial charge in [0.15, 0.2) is 0 Å². The van der Waals surface area contributed by atoms with Crippen LogP contribution in [0.5, 0.6) is 0 Å². The molecule has 1 nitrogen and oxygen atoms in total. The molecule has 0 aliphatic heterocycles. The van der Waals surface area contributed by atoms with Crippen molar-refractivity contribution in [1.29, 1.82) is 0 Å². The first-order valence-electron chi connectivity index (χ1n) is 5.58. The summed E-state index contributed by atoms with van der Waals surface area (Å²) in [7, 11) is 0. The Morgan fingerprint density at radius 2 is 1.87 bits per heavy atom. The molecular formula is C13H20ClN. The van der Waals surface area contributed by atoms with Gasteiger partial charge in [0.05, 0.1) is 0 Å². The van der Waals surface area contributed by atoms with Gasteiger partial charge in [0.25, 0.3) is 0 Å². The Hall–Kier alpha value is -0.530. The van der Waals surface area contributed by atoms with E-state index in [2.05, 4.69) is 37.3 Å². The van der Waals surface area contributed by atoms with Gasteiger partial charge in [-0.15, -0.1) is 12.4 Å². The third-order valence-electron chi connectivity index (χ3n) is 3.67. The third-order valence-corrected chi connectivity index (χ3v) is 3.67. The molecule has 0 saturated heterocycles. The second-order valence-electron chi connectivity index (χ2n) is 4.55. The molecule has 0 aromatic heterocycles. The fraction of sp³-hybridized carbons (Fsp3) is 0.538. The summed E-state index contributed by atoms with van der Waals surface area (Å²) in [5.41, 5.74) is 7.77. The molecular weight excluding hydrogens is 206 g/mol. The molecule has 0 unspecified atom stereocenters. The van der Waals surface area contributed by atoms with Gasteiger partial charge in [-0.25, -0.2) is 0 Å². The van der Waals surface area contributed by atoms with Crippen LogP contribution in [0.15, 0.2) is 30.3 Å². The lowest BCUT2D eigenvalue weighted by Crippen LogP contribution is -2.45. The Balaban J connectivity index is 0.00000112. The Kier molecular flexibility index (Phi) is 4.18. The Morgan fingerprint density at radius 3 is 2.47 bits per heavy atom. The van der Waals surface area contributed by atoms with Crippen LogP contribution in [-0.4, -0.2) is 0 Å². The fourth-order valence-electron chi connectivity index (χ4n) is 2.55. The number of halogens is 1. The summed E-state index contributed by atoms with van der Waals surface area (Å²) in [4.78, 5) is 0. The van der Waals surface area contributed by atoms with Gasteiger partial charge < -0.3 is 5.73 Å². The standard InChI is InChI=1S/C13H19N.ClH/c1-11-7-5-6-10-13(11,14)12-8-3-2-4-9-12;/h2-4,8-9,11H,5-7,10,14H2,1H3;1H/t11-,13-;/m1./s1. The predicted molar refractivity (Wildman–Crippen MR) is 67.2 cm³/mol. The summed E-state index contributed by atoms with van der Waals surface area (Å²) in [5.74, 6) is 0.610. The van der Waals surface area contributed by atoms with E-state index in [9.17, 15) is 0 Å². The monoisotopic (exact) mass is 225 g/mol. The number of hydrogen-bond acceptors (Lipinski definition) is 1. The lowest BCUT2D eigenvalue weighted by atomic mass is 9.70. The Morgan fingerprint density at radius 1 is 1.20 bits per heavy atom. The smallest absolute Gasteiger partial charge is 0.0435 e. The molecule has 2 heteroatoms. The van der Waals surface area contributed by atoms with E-state index >= 15 is 0 Å². The second kappa shape index (κ2) is 5.00. The molecule has 2 rings (SSSR count). The van der Waals surface area contributed by atoms with E-state index in [0.717, 1.165) is 6.42 Å². The summed E-state index contributed by atoms with van der Waals surface area (Å²) in [6.07, 6.45) is 5.02.